The number of hydrazine groups is 1. The van der Waals surface area contributed by atoms with Crippen LogP contribution in [0.3, 0.4) is 0 Å². The lowest BCUT2D eigenvalue weighted by Gasteiger charge is -2.18. The van der Waals surface area contributed by atoms with Gasteiger partial charge in [-0.25, -0.2) is 8.42 Å². The van der Waals surface area contributed by atoms with Crippen molar-refractivity contribution < 1.29 is 27.5 Å². The highest BCUT2D eigenvalue weighted by Gasteiger charge is 2.22. The number of ether oxygens (including phenoxy) is 2. The van der Waals surface area contributed by atoms with Crippen molar-refractivity contribution in [3.63, 3.8) is 0 Å². The summed E-state index contributed by atoms with van der Waals surface area (Å²) in [5.41, 5.74) is 4.59. The van der Waals surface area contributed by atoms with Crippen LogP contribution in [0.2, 0.25) is 0 Å². The monoisotopic (exact) mass is 449 g/mol. The third-order valence-corrected chi connectivity index (χ3v) is 6.31. The minimum absolute atomic E-state index is 0.00834. The van der Waals surface area contributed by atoms with Gasteiger partial charge in [0.25, 0.3) is 11.8 Å². The molecule has 0 saturated carbocycles. The van der Waals surface area contributed by atoms with E-state index in [0.717, 1.165) is 0 Å². The predicted octanol–water partition coefficient (Wildman–Crippen LogP) is 1.96. The Bertz CT molecular complexity index is 988. The van der Waals surface area contributed by atoms with Crippen molar-refractivity contribution in [3.8, 4) is 11.5 Å². The molecule has 0 unspecified atom stereocenters. The quantitative estimate of drug-likeness (QED) is 0.536. The molecule has 0 saturated heterocycles. The van der Waals surface area contributed by atoms with Crippen LogP contribution in [-0.4, -0.2) is 50.8 Å². The lowest BCUT2D eigenvalue weighted by molar-refractivity contribution is -0.123. The van der Waals surface area contributed by atoms with E-state index < -0.39 is 21.8 Å². The first-order chi connectivity index (χ1) is 14.8. The van der Waals surface area contributed by atoms with Gasteiger partial charge in [0, 0.05) is 18.7 Å². The number of nitrogens with one attached hydrogen (secondary N) is 2. The molecule has 0 spiro atoms. The lowest BCUT2D eigenvalue weighted by atomic mass is 10.2. The first-order valence-electron chi connectivity index (χ1n) is 9.86. The molecular weight excluding hydrogens is 422 g/mol. The Morgan fingerprint density at radius 1 is 0.903 bits per heavy atom. The molecule has 0 atom stereocenters. The number of amides is 2. The summed E-state index contributed by atoms with van der Waals surface area (Å²) in [6, 6.07) is 12.4. The van der Waals surface area contributed by atoms with Gasteiger partial charge in [0.15, 0.2) is 6.61 Å². The molecule has 2 amide bonds. The van der Waals surface area contributed by atoms with E-state index in [1.165, 1.54) is 28.6 Å². The van der Waals surface area contributed by atoms with Gasteiger partial charge in [0.2, 0.25) is 10.0 Å². The molecule has 2 aromatic rings. The van der Waals surface area contributed by atoms with Crippen LogP contribution in [0.4, 0.5) is 0 Å². The van der Waals surface area contributed by atoms with Gasteiger partial charge in [0.05, 0.1) is 11.5 Å². The largest absolute Gasteiger partial charge is 0.494 e. The molecule has 10 heteroatoms. The summed E-state index contributed by atoms with van der Waals surface area (Å²) >= 11 is 0. The summed E-state index contributed by atoms with van der Waals surface area (Å²) in [5, 5.41) is 0. The number of nitrogens with zero attached hydrogens (tertiary/aromatic N) is 1. The second-order valence-corrected chi connectivity index (χ2v) is 8.25. The molecule has 0 radical (unpaired) electrons. The van der Waals surface area contributed by atoms with Crippen LogP contribution in [0, 0.1) is 0 Å². The number of hydrogen-bond donors (Lipinski definition) is 2. The van der Waals surface area contributed by atoms with Gasteiger partial charge in [-0.1, -0.05) is 19.9 Å². The van der Waals surface area contributed by atoms with Crippen LogP contribution in [-0.2, 0) is 14.8 Å². The topological polar surface area (TPSA) is 114 Å². The van der Waals surface area contributed by atoms with Crippen molar-refractivity contribution in [3.05, 3.63) is 54.1 Å². The Morgan fingerprint density at radius 3 is 2.10 bits per heavy atom. The van der Waals surface area contributed by atoms with Crippen molar-refractivity contribution in [1.29, 1.82) is 0 Å². The number of carbonyl (C=O) groups is 2. The maximum absolute atomic E-state index is 12.6. The maximum Gasteiger partial charge on any atom is 0.276 e. The van der Waals surface area contributed by atoms with Gasteiger partial charge >= 0.3 is 0 Å². The van der Waals surface area contributed by atoms with E-state index >= 15 is 0 Å². The summed E-state index contributed by atoms with van der Waals surface area (Å²) in [6.45, 7) is 6.23. The fraction of sp³-hybridized carbons (Fsp3) is 0.333. The second kappa shape index (κ2) is 11.3. The smallest absolute Gasteiger partial charge is 0.276 e. The fourth-order valence-corrected chi connectivity index (χ4v) is 4.20. The van der Waals surface area contributed by atoms with Crippen molar-refractivity contribution in [2.24, 2.45) is 0 Å². The normalized spacial score (nSPS) is 11.1. The molecule has 0 aliphatic carbocycles. The second-order valence-electron chi connectivity index (χ2n) is 6.31. The first-order valence-corrected chi connectivity index (χ1v) is 11.3. The van der Waals surface area contributed by atoms with Crippen molar-refractivity contribution in [2.75, 3.05) is 26.3 Å². The fourth-order valence-electron chi connectivity index (χ4n) is 2.69. The average Bonchev–Trinajstić information content (AvgIpc) is 2.78. The molecule has 0 heterocycles. The van der Waals surface area contributed by atoms with E-state index in [1.807, 2.05) is 6.92 Å². The summed E-state index contributed by atoms with van der Waals surface area (Å²) < 4.78 is 37.2. The zero-order valence-electron chi connectivity index (χ0n) is 17.8. The Kier molecular flexibility index (Phi) is 8.83. The first kappa shape index (κ1) is 24.2. The summed E-state index contributed by atoms with van der Waals surface area (Å²) in [7, 11) is -3.70. The van der Waals surface area contributed by atoms with Gasteiger partial charge in [-0.3, -0.25) is 20.4 Å². The minimum atomic E-state index is -3.70. The van der Waals surface area contributed by atoms with Gasteiger partial charge in [-0.15, -0.1) is 0 Å². The summed E-state index contributed by atoms with van der Waals surface area (Å²) in [6.07, 6.45) is 0. The molecule has 0 aliphatic heterocycles. The van der Waals surface area contributed by atoms with Crippen LogP contribution < -0.4 is 20.3 Å². The van der Waals surface area contributed by atoms with Gasteiger partial charge in [-0.2, -0.15) is 4.31 Å². The highest BCUT2D eigenvalue weighted by atomic mass is 32.2. The Balaban J connectivity index is 1.91. The molecule has 2 N–H and O–H groups in total. The highest BCUT2D eigenvalue weighted by molar-refractivity contribution is 7.89. The summed E-state index contributed by atoms with van der Waals surface area (Å²) in [4.78, 5) is 24.3. The van der Waals surface area contributed by atoms with Crippen molar-refractivity contribution in [1.82, 2.24) is 15.2 Å². The third kappa shape index (κ3) is 6.69. The van der Waals surface area contributed by atoms with E-state index in [4.69, 9.17) is 9.47 Å². The molecule has 2 aromatic carbocycles. The van der Waals surface area contributed by atoms with E-state index in [1.54, 1.807) is 38.1 Å². The van der Waals surface area contributed by atoms with Gasteiger partial charge in [-0.05, 0) is 49.4 Å². The molecule has 31 heavy (non-hydrogen) atoms. The SMILES string of the molecule is CCOc1ccc(OCC(=O)NNC(=O)c2cccc(S(=O)(=O)N(CC)CC)c2)cc1. The zero-order valence-corrected chi connectivity index (χ0v) is 18.6. The molecule has 2 rings (SSSR count). The number of carbonyl (C=O) groups excluding carboxylic acids is 2. The van der Waals surface area contributed by atoms with E-state index in [-0.39, 0.29) is 17.1 Å². The van der Waals surface area contributed by atoms with E-state index in [9.17, 15) is 18.0 Å². The minimum Gasteiger partial charge on any atom is -0.494 e. The Labute approximate surface area is 182 Å². The Morgan fingerprint density at radius 2 is 1.52 bits per heavy atom. The standard InChI is InChI=1S/C21H27N3O6S/c1-4-24(5-2)31(27,28)19-9-7-8-16(14-19)21(26)23-22-20(25)15-30-18-12-10-17(11-13-18)29-6-3/h7-14H,4-6,15H2,1-3H3,(H,22,25)(H,23,26). The molecule has 0 fully saturated rings. The molecule has 0 bridgehead atoms. The third-order valence-electron chi connectivity index (χ3n) is 4.26. The number of hydrogen-bond acceptors (Lipinski definition) is 6. The lowest BCUT2D eigenvalue weighted by Crippen LogP contribution is -2.43. The van der Waals surface area contributed by atoms with Crippen LogP contribution in [0.5, 0.6) is 11.5 Å². The van der Waals surface area contributed by atoms with Crippen LogP contribution in [0.1, 0.15) is 31.1 Å². The van der Waals surface area contributed by atoms with Crippen molar-refractivity contribution in [2.45, 2.75) is 25.7 Å². The van der Waals surface area contributed by atoms with Crippen LogP contribution in [0.15, 0.2) is 53.4 Å². The van der Waals surface area contributed by atoms with Gasteiger partial charge < -0.3 is 9.47 Å². The number of benzene rings is 2. The highest BCUT2D eigenvalue weighted by Crippen LogP contribution is 2.18. The number of rotatable bonds is 10. The van der Waals surface area contributed by atoms with Crippen LogP contribution in [0.25, 0.3) is 0 Å². The van der Waals surface area contributed by atoms with Gasteiger partial charge in [0.1, 0.15) is 11.5 Å². The van der Waals surface area contributed by atoms with E-state index in [2.05, 4.69) is 10.9 Å². The molecular formula is C21H27N3O6S. The molecule has 0 aromatic heterocycles. The Hall–Kier alpha value is -3.11. The molecule has 9 nitrogen and oxygen atoms in total. The van der Waals surface area contributed by atoms with E-state index in [0.29, 0.717) is 31.2 Å². The average molecular weight is 450 g/mol. The summed E-state index contributed by atoms with van der Waals surface area (Å²) in [5.74, 6) is -0.0591. The maximum atomic E-state index is 12.6. The molecule has 168 valence electrons. The zero-order chi connectivity index (χ0) is 22.9. The number of sulfonamides is 1. The van der Waals surface area contributed by atoms with Crippen LogP contribution >= 0.6 is 0 Å². The predicted molar refractivity (Wildman–Crippen MR) is 115 cm³/mol. The molecule has 0 aliphatic rings. The van der Waals surface area contributed by atoms with Crippen molar-refractivity contribution >= 4 is 21.8 Å².